The minimum Gasteiger partial charge on any atom is -0.317 e. The molecule has 0 aliphatic heterocycles. The van der Waals surface area contributed by atoms with Gasteiger partial charge in [-0.25, -0.2) is 0 Å². The van der Waals surface area contributed by atoms with Crippen molar-refractivity contribution in [3.05, 3.63) is 0 Å². The van der Waals surface area contributed by atoms with Crippen LogP contribution in [0, 0.1) is 11.8 Å². The second kappa shape index (κ2) is 6.42. The van der Waals surface area contributed by atoms with Crippen LogP contribution < -0.4 is 5.32 Å². The van der Waals surface area contributed by atoms with E-state index < -0.39 is 0 Å². The molecule has 1 heteroatoms. The third-order valence-electron chi connectivity index (χ3n) is 3.29. The summed E-state index contributed by atoms with van der Waals surface area (Å²) < 4.78 is 0. The maximum absolute atomic E-state index is 3.42. The second-order valence-corrected chi connectivity index (χ2v) is 4.64. The van der Waals surface area contributed by atoms with E-state index in [2.05, 4.69) is 19.2 Å². The molecule has 1 atom stereocenters. The molecule has 1 aliphatic rings. The average Bonchev–Trinajstić information content (AvgIpc) is 2.64. The molecule has 0 heterocycles. The largest absolute Gasteiger partial charge is 0.317 e. The van der Waals surface area contributed by atoms with Gasteiger partial charge in [-0.2, -0.15) is 0 Å². The van der Waals surface area contributed by atoms with Gasteiger partial charge in [0.1, 0.15) is 0 Å². The number of rotatable bonds is 6. The maximum Gasteiger partial charge on any atom is -0.00233 e. The van der Waals surface area contributed by atoms with Crippen LogP contribution in [-0.2, 0) is 0 Å². The van der Waals surface area contributed by atoms with Gasteiger partial charge in [0.05, 0.1) is 0 Å². The molecule has 0 aromatic rings. The predicted octanol–water partition coefficient (Wildman–Crippen LogP) is 3.20. The van der Waals surface area contributed by atoms with Crippen molar-refractivity contribution in [1.82, 2.24) is 5.32 Å². The number of hydrogen-bond donors (Lipinski definition) is 1. The molecule has 0 saturated heterocycles. The maximum atomic E-state index is 3.42. The first-order valence-corrected chi connectivity index (χ1v) is 6.03. The van der Waals surface area contributed by atoms with Gasteiger partial charge in [0.2, 0.25) is 0 Å². The predicted molar refractivity (Wildman–Crippen MR) is 58.9 cm³/mol. The van der Waals surface area contributed by atoms with Gasteiger partial charge in [-0.3, -0.25) is 0 Å². The van der Waals surface area contributed by atoms with Crippen LogP contribution in [0.3, 0.4) is 0 Å². The highest BCUT2D eigenvalue weighted by molar-refractivity contribution is 4.69. The van der Waals surface area contributed by atoms with E-state index in [9.17, 15) is 0 Å². The lowest BCUT2D eigenvalue weighted by Gasteiger charge is -2.14. The lowest BCUT2D eigenvalue weighted by atomic mass is 9.96. The Morgan fingerprint density at radius 2 is 2.00 bits per heavy atom. The minimum atomic E-state index is 0.876. The van der Waals surface area contributed by atoms with Gasteiger partial charge in [-0.1, -0.05) is 46.0 Å². The van der Waals surface area contributed by atoms with Crippen LogP contribution in [0.5, 0.6) is 0 Å². The van der Waals surface area contributed by atoms with Crippen molar-refractivity contribution in [1.29, 1.82) is 0 Å². The van der Waals surface area contributed by atoms with E-state index in [0.29, 0.717) is 0 Å². The Hall–Kier alpha value is -0.0400. The summed E-state index contributed by atoms with van der Waals surface area (Å²) in [6, 6.07) is 0. The molecule has 1 aliphatic carbocycles. The first-order chi connectivity index (χ1) is 6.33. The van der Waals surface area contributed by atoms with Crippen molar-refractivity contribution in [3.8, 4) is 0 Å². The molecule has 1 unspecified atom stereocenters. The monoisotopic (exact) mass is 183 g/mol. The molecule has 1 fully saturated rings. The molecule has 0 bridgehead atoms. The normalized spacial score (nSPS) is 20.8. The first-order valence-electron chi connectivity index (χ1n) is 6.03. The van der Waals surface area contributed by atoms with Gasteiger partial charge in [-0.05, 0) is 31.3 Å². The van der Waals surface area contributed by atoms with E-state index >= 15 is 0 Å². The minimum absolute atomic E-state index is 0.876. The molecule has 0 radical (unpaired) electrons. The standard InChI is InChI=1S/C12H25N/c1-3-13-10-11(2)8-9-12-6-4-5-7-12/h11-13H,3-10H2,1-2H3. The van der Waals surface area contributed by atoms with Crippen LogP contribution in [0.2, 0.25) is 0 Å². The van der Waals surface area contributed by atoms with Crippen molar-refractivity contribution >= 4 is 0 Å². The first kappa shape index (κ1) is 11.0. The van der Waals surface area contributed by atoms with Crippen LogP contribution in [0.25, 0.3) is 0 Å². The Labute approximate surface area is 83.3 Å². The van der Waals surface area contributed by atoms with E-state index in [-0.39, 0.29) is 0 Å². The summed E-state index contributed by atoms with van der Waals surface area (Å²) in [6.45, 7) is 6.89. The fourth-order valence-corrected chi connectivity index (χ4v) is 2.31. The summed E-state index contributed by atoms with van der Waals surface area (Å²) in [5, 5.41) is 3.42. The molecule has 0 amide bonds. The van der Waals surface area contributed by atoms with Gasteiger partial charge >= 0.3 is 0 Å². The third-order valence-corrected chi connectivity index (χ3v) is 3.29. The van der Waals surface area contributed by atoms with E-state index in [4.69, 9.17) is 0 Å². The van der Waals surface area contributed by atoms with Crippen molar-refractivity contribution < 1.29 is 0 Å². The van der Waals surface area contributed by atoms with E-state index in [1.807, 2.05) is 0 Å². The topological polar surface area (TPSA) is 12.0 Å². The van der Waals surface area contributed by atoms with Gasteiger partial charge in [-0.15, -0.1) is 0 Å². The lowest BCUT2D eigenvalue weighted by molar-refractivity contribution is 0.403. The molecule has 13 heavy (non-hydrogen) atoms. The number of nitrogens with one attached hydrogen (secondary N) is 1. The van der Waals surface area contributed by atoms with Crippen molar-refractivity contribution in [2.75, 3.05) is 13.1 Å². The summed E-state index contributed by atoms with van der Waals surface area (Å²) in [5.41, 5.74) is 0. The Balaban J connectivity index is 1.97. The zero-order valence-corrected chi connectivity index (χ0v) is 9.31. The summed E-state index contributed by atoms with van der Waals surface area (Å²) >= 11 is 0. The zero-order valence-electron chi connectivity index (χ0n) is 9.31. The van der Waals surface area contributed by atoms with E-state index in [0.717, 1.165) is 18.4 Å². The molecular formula is C12H25N. The molecule has 1 rings (SSSR count). The fraction of sp³-hybridized carbons (Fsp3) is 1.00. The van der Waals surface area contributed by atoms with Gasteiger partial charge in [0, 0.05) is 0 Å². The quantitative estimate of drug-likeness (QED) is 0.667. The van der Waals surface area contributed by atoms with E-state index in [1.165, 1.54) is 45.1 Å². The van der Waals surface area contributed by atoms with Gasteiger partial charge < -0.3 is 5.32 Å². The third kappa shape index (κ3) is 4.66. The van der Waals surface area contributed by atoms with Crippen molar-refractivity contribution in [3.63, 3.8) is 0 Å². The van der Waals surface area contributed by atoms with Gasteiger partial charge in [0.15, 0.2) is 0 Å². The summed E-state index contributed by atoms with van der Waals surface area (Å²) in [7, 11) is 0. The highest BCUT2D eigenvalue weighted by Gasteiger charge is 2.15. The molecular weight excluding hydrogens is 158 g/mol. The Morgan fingerprint density at radius 1 is 1.31 bits per heavy atom. The molecule has 0 aromatic carbocycles. The SMILES string of the molecule is CCNCC(C)CCC1CCCC1. The molecule has 1 nitrogen and oxygen atoms in total. The summed E-state index contributed by atoms with van der Waals surface area (Å²) in [5.74, 6) is 1.95. The highest BCUT2D eigenvalue weighted by atomic mass is 14.8. The van der Waals surface area contributed by atoms with E-state index in [1.54, 1.807) is 0 Å². The highest BCUT2D eigenvalue weighted by Crippen LogP contribution is 2.29. The molecule has 0 aromatic heterocycles. The average molecular weight is 183 g/mol. The number of hydrogen-bond acceptors (Lipinski definition) is 1. The van der Waals surface area contributed by atoms with Crippen LogP contribution in [0.15, 0.2) is 0 Å². The molecule has 78 valence electrons. The lowest BCUT2D eigenvalue weighted by Crippen LogP contribution is -2.20. The Bertz CT molecular complexity index is 116. The van der Waals surface area contributed by atoms with Gasteiger partial charge in [0.25, 0.3) is 0 Å². The van der Waals surface area contributed by atoms with Crippen LogP contribution in [0.1, 0.15) is 52.4 Å². The molecule has 1 saturated carbocycles. The van der Waals surface area contributed by atoms with Crippen molar-refractivity contribution in [2.45, 2.75) is 52.4 Å². The molecule has 1 N–H and O–H groups in total. The summed E-state index contributed by atoms with van der Waals surface area (Å²) in [4.78, 5) is 0. The van der Waals surface area contributed by atoms with Crippen LogP contribution in [-0.4, -0.2) is 13.1 Å². The van der Waals surface area contributed by atoms with Crippen molar-refractivity contribution in [2.24, 2.45) is 11.8 Å². The smallest absolute Gasteiger partial charge is 0.00233 e. The van der Waals surface area contributed by atoms with Crippen LogP contribution >= 0.6 is 0 Å². The van der Waals surface area contributed by atoms with Crippen LogP contribution in [0.4, 0.5) is 0 Å². The zero-order chi connectivity index (χ0) is 9.52. The summed E-state index contributed by atoms with van der Waals surface area (Å²) in [6.07, 6.45) is 8.91. The molecule has 0 spiro atoms. The fourth-order valence-electron chi connectivity index (χ4n) is 2.31. The second-order valence-electron chi connectivity index (χ2n) is 4.64. The Morgan fingerprint density at radius 3 is 2.62 bits per heavy atom. The Kier molecular flexibility index (Phi) is 5.45.